The van der Waals surface area contributed by atoms with E-state index in [0.717, 1.165) is 25.1 Å². The van der Waals surface area contributed by atoms with Crippen molar-refractivity contribution < 1.29 is 4.74 Å². The highest BCUT2D eigenvalue weighted by atomic mass is 16.5. The van der Waals surface area contributed by atoms with Crippen molar-refractivity contribution in [2.45, 2.75) is 71.8 Å². The molecule has 18 heavy (non-hydrogen) atoms. The van der Waals surface area contributed by atoms with Crippen molar-refractivity contribution in [1.29, 1.82) is 0 Å². The summed E-state index contributed by atoms with van der Waals surface area (Å²) < 4.78 is 8.08. The lowest BCUT2D eigenvalue weighted by atomic mass is 10.1. The number of rotatable bonds is 3. The molecule has 1 saturated heterocycles. The molecule has 0 saturated carbocycles. The topological polar surface area (TPSA) is 53.1 Å². The average Bonchev–Trinajstić information content (AvgIpc) is 2.68. The molecule has 2 unspecified atom stereocenters. The monoisotopic (exact) mass is 251 g/mol. The Hall–Kier alpha value is -0.870. The third kappa shape index (κ3) is 2.59. The van der Waals surface area contributed by atoms with Gasteiger partial charge in [0.05, 0.1) is 23.9 Å². The van der Waals surface area contributed by atoms with Crippen LogP contribution in [0, 0.1) is 13.8 Å². The first kappa shape index (κ1) is 13.6. The first-order valence-electron chi connectivity index (χ1n) is 6.77. The van der Waals surface area contributed by atoms with Crippen LogP contribution in [0.2, 0.25) is 0 Å². The summed E-state index contributed by atoms with van der Waals surface area (Å²) in [6.45, 7) is 11.3. The van der Waals surface area contributed by atoms with Crippen molar-refractivity contribution >= 4 is 0 Å². The van der Waals surface area contributed by atoms with Gasteiger partial charge >= 0.3 is 0 Å². The Morgan fingerprint density at radius 1 is 1.50 bits per heavy atom. The van der Waals surface area contributed by atoms with Gasteiger partial charge in [0.25, 0.3) is 0 Å². The number of hydrogen-bond donors (Lipinski definition) is 1. The van der Waals surface area contributed by atoms with E-state index in [1.54, 1.807) is 0 Å². The van der Waals surface area contributed by atoms with Crippen molar-refractivity contribution in [2.75, 3.05) is 0 Å². The smallest absolute Gasteiger partial charge is 0.0779 e. The molecule has 0 spiro atoms. The molecule has 1 aromatic rings. The molecule has 1 aliphatic rings. The van der Waals surface area contributed by atoms with E-state index in [9.17, 15) is 0 Å². The third-order valence-electron chi connectivity index (χ3n) is 3.82. The van der Waals surface area contributed by atoms with Gasteiger partial charge in [0.1, 0.15) is 0 Å². The van der Waals surface area contributed by atoms with E-state index in [1.165, 1.54) is 11.3 Å². The van der Waals surface area contributed by atoms with Gasteiger partial charge in [-0.2, -0.15) is 5.10 Å². The summed E-state index contributed by atoms with van der Waals surface area (Å²) >= 11 is 0. The van der Waals surface area contributed by atoms with Crippen LogP contribution in [-0.2, 0) is 11.3 Å². The Kier molecular flexibility index (Phi) is 3.52. The quantitative estimate of drug-likeness (QED) is 0.898. The zero-order valence-corrected chi connectivity index (χ0v) is 12.2. The Bertz CT molecular complexity index is 434. The van der Waals surface area contributed by atoms with E-state index in [4.69, 9.17) is 10.5 Å². The van der Waals surface area contributed by atoms with Gasteiger partial charge in [0.2, 0.25) is 0 Å². The number of ether oxygens (including phenoxy) is 1. The highest BCUT2D eigenvalue weighted by molar-refractivity contribution is 5.27. The van der Waals surface area contributed by atoms with Crippen LogP contribution in [-0.4, -0.2) is 21.5 Å². The van der Waals surface area contributed by atoms with Crippen molar-refractivity contribution in [2.24, 2.45) is 5.73 Å². The van der Waals surface area contributed by atoms with E-state index in [0.29, 0.717) is 0 Å². The third-order valence-corrected chi connectivity index (χ3v) is 3.82. The van der Waals surface area contributed by atoms with Crippen molar-refractivity contribution in [3.63, 3.8) is 0 Å². The fourth-order valence-corrected chi connectivity index (χ4v) is 2.95. The Labute approximate surface area is 110 Å². The molecule has 2 N–H and O–H groups in total. The molecule has 2 rings (SSSR count). The highest BCUT2D eigenvalue weighted by Gasteiger charge is 2.32. The van der Waals surface area contributed by atoms with Crippen LogP contribution in [0.4, 0.5) is 0 Å². The molecule has 0 aromatic carbocycles. The summed E-state index contributed by atoms with van der Waals surface area (Å²) in [7, 11) is 0. The van der Waals surface area contributed by atoms with Gasteiger partial charge in [-0.1, -0.05) is 0 Å². The van der Waals surface area contributed by atoms with E-state index in [-0.39, 0.29) is 17.7 Å². The van der Waals surface area contributed by atoms with Crippen LogP contribution in [0.5, 0.6) is 0 Å². The number of aromatic nitrogens is 2. The second-order valence-corrected chi connectivity index (χ2v) is 6.09. The maximum atomic E-state index is 6.03. The molecule has 0 radical (unpaired) electrons. The van der Waals surface area contributed by atoms with Crippen LogP contribution in [0.3, 0.4) is 0 Å². The molecule has 0 amide bonds. The van der Waals surface area contributed by atoms with Gasteiger partial charge in [-0.15, -0.1) is 0 Å². The molecular formula is C14H25N3O. The van der Waals surface area contributed by atoms with Gasteiger partial charge in [-0.25, -0.2) is 0 Å². The van der Waals surface area contributed by atoms with Crippen molar-refractivity contribution in [1.82, 2.24) is 9.78 Å². The zero-order chi connectivity index (χ0) is 13.5. The number of aryl methyl sites for hydroxylation is 1. The Morgan fingerprint density at radius 2 is 2.17 bits per heavy atom. The van der Waals surface area contributed by atoms with Crippen molar-refractivity contribution in [3.8, 4) is 0 Å². The maximum absolute atomic E-state index is 6.03. The predicted octanol–water partition coefficient (Wildman–Crippen LogP) is 2.48. The van der Waals surface area contributed by atoms with Crippen LogP contribution < -0.4 is 5.73 Å². The second kappa shape index (κ2) is 4.67. The lowest BCUT2D eigenvalue weighted by molar-refractivity contribution is -0.0232. The summed E-state index contributed by atoms with van der Waals surface area (Å²) in [5.74, 6) is 0. The molecule has 102 valence electrons. The van der Waals surface area contributed by atoms with E-state index < -0.39 is 0 Å². The molecule has 0 aliphatic carbocycles. The largest absolute Gasteiger partial charge is 0.370 e. The summed E-state index contributed by atoms with van der Waals surface area (Å²) in [4.78, 5) is 0. The Morgan fingerprint density at radius 3 is 2.61 bits per heavy atom. The molecular weight excluding hydrogens is 226 g/mol. The summed E-state index contributed by atoms with van der Waals surface area (Å²) in [6.07, 6.45) is 2.51. The van der Waals surface area contributed by atoms with Crippen molar-refractivity contribution in [3.05, 3.63) is 17.0 Å². The summed E-state index contributed by atoms with van der Waals surface area (Å²) in [5.41, 5.74) is 9.41. The number of nitrogens with two attached hydrogens (primary N) is 1. The molecule has 2 heterocycles. The van der Waals surface area contributed by atoms with Gasteiger partial charge in [0, 0.05) is 17.3 Å². The summed E-state index contributed by atoms with van der Waals surface area (Å²) in [6, 6.07) is 0.0414. The molecule has 2 atom stereocenters. The van der Waals surface area contributed by atoms with Crippen LogP contribution in [0.15, 0.2) is 0 Å². The maximum Gasteiger partial charge on any atom is 0.0779 e. The molecule has 1 fully saturated rings. The fraction of sp³-hybridized carbons (Fsp3) is 0.786. The normalized spacial score (nSPS) is 24.4. The number of nitrogens with zero attached hydrogens (tertiary/aromatic N) is 2. The SMILES string of the molecule is Cc1nn(CC2CCC(C)(C)O2)c(C)c1C(C)N. The van der Waals surface area contributed by atoms with Gasteiger partial charge in [-0.3, -0.25) is 4.68 Å². The Balaban J connectivity index is 2.14. The standard InChI is InChI=1S/C14H25N3O/c1-9(15)13-10(2)16-17(11(13)3)8-12-6-7-14(4,5)18-12/h9,12H,6-8,15H2,1-5H3. The lowest BCUT2D eigenvalue weighted by Gasteiger charge is -2.19. The highest BCUT2D eigenvalue weighted by Crippen LogP contribution is 2.30. The minimum Gasteiger partial charge on any atom is -0.370 e. The molecule has 4 nitrogen and oxygen atoms in total. The molecule has 4 heteroatoms. The van der Waals surface area contributed by atoms with E-state index in [1.807, 2.05) is 13.8 Å². The number of hydrogen-bond acceptors (Lipinski definition) is 3. The zero-order valence-electron chi connectivity index (χ0n) is 12.2. The van der Waals surface area contributed by atoms with E-state index >= 15 is 0 Å². The molecule has 1 aromatic heterocycles. The van der Waals surface area contributed by atoms with Crippen LogP contribution in [0.25, 0.3) is 0 Å². The minimum atomic E-state index is 0.0186. The van der Waals surface area contributed by atoms with Crippen LogP contribution >= 0.6 is 0 Å². The average molecular weight is 251 g/mol. The molecule has 1 aliphatic heterocycles. The van der Waals surface area contributed by atoms with E-state index in [2.05, 4.69) is 30.6 Å². The lowest BCUT2D eigenvalue weighted by Crippen LogP contribution is -2.23. The minimum absolute atomic E-state index is 0.0186. The first-order valence-corrected chi connectivity index (χ1v) is 6.77. The van der Waals surface area contributed by atoms with Gasteiger partial charge < -0.3 is 10.5 Å². The molecule has 0 bridgehead atoms. The second-order valence-electron chi connectivity index (χ2n) is 6.09. The predicted molar refractivity (Wildman–Crippen MR) is 72.5 cm³/mol. The van der Waals surface area contributed by atoms with Crippen LogP contribution in [0.1, 0.15) is 56.6 Å². The van der Waals surface area contributed by atoms with Gasteiger partial charge in [0.15, 0.2) is 0 Å². The first-order chi connectivity index (χ1) is 8.30. The van der Waals surface area contributed by atoms with Gasteiger partial charge in [-0.05, 0) is 47.5 Å². The fourth-order valence-electron chi connectivity index (χ4n) is 2.95. The summed E-state index contributed by atoms with van der Waals surface area (Å²) in [5, 5.41) is 4.60.